The average Bonchev–Trinajstić information content (AvgIpc) is 2.34. The summed E-state index contributed by atoms with van der Waals surface area (Å²) in [6, 6.07) is 4.72. The van der Waals surface area contributed by atoms with Crippen LogP contribution in [0.4, 0.5) is 0 Å². The van der Waals surface area contributed by atoms with Gasteiger partial charge in [-0.3, -0.25) is 0 Å². The zero-order valence-corrected chi connectivity index (χ0v) is 16.7. The van der Waals surface area contributed by atoms with Gasteiger partial charge in [-0.05, 0) is 76.0 Å². The van der Waals surface area contributed by atoms with Gasteiger partial charge < -0.3 is 15.0 Å². The Hall–Kier alpha value is -0.100. The van der Waals surface area contributed by atoms with Crippen LogP contribution in [0, 0.1) is 5.92 Å². The van der Waals surface area contributed by atoms with Crippen LogP contribution in [-0.4, -0.2) is 38.7 Å². The summed E-state index contributed by atoms with van der Waals surface area (Å²) in [5.41, 5.74) is 1.24. The molecule has 0 amide bonds. The van der Waals surface area contributed by atoms with Crippen molar-refractivity contribution in [1.82, 2.24) is 10.2 Å². The number of rotatable bonds is 8. The monoisotopic (exact) mass is 420 g/mol. The van der Waals surface area contributed by atoms with E-state index < -0.39 is 0 Å². The molecule has 0 bridgehead atoms. The molecule has 0 saturated heterocycles. The molecule has 0 fully saturated rings. The quantitative estimate of drug-likeness (QED) is 0.677. The molecule has 5 heteroatoms. The van der Waals surface area contributed by atoms with Crippen LogP contribution < -0.4 is 10.1 Å². The molecule has 1 N–H and O–H groups in total. The predicted octanol–water partition coefficient (Wildman–Crippen LogP) is 4.29. The van der Waals surface area contributed by atoms with Crippen molar-refractivity contribution in [3.63, 3.8) is 0 Å². The minimum absolute atomic E-state index is 0.500. The standard InChI is InChI=1S/C16H26Br2N2O/c1-11(2)6-13(10-20(3)4)19-9-12-7-14(17)16(21-5)15(18)8-12/h7-8,11,13,19H,6,9-10H2,1-5H3. The fourth-order valence-corrected chi connectivity index (χ4v) is 4.01. The second-order valence-electron chi connectivity index (χ2n) is 6.06. The van der Waals surface area contributed by atoms with E-state index in [0.717, 1.165) is 27.8 Å². The van der Waals surface area contributed by atoms with Crippen molar-refractivity contribution in [3.8, 4) is 5.75 Å². The van der Waals surface area contributed by atoms with E-state index in [2.05, 4.69) is 82.2 Å². The van der Waals surface area contributed by atoms with Crippen molar-refractivity contribution in [2.24, 2.45) is 5.92 Å². The maximum absolute atomic E-state index is 5.34. The zero-order valence-electron chi connectivity index (χ0n) is 13.5. The molecule has 0 radical (unpaired) electrons. The van der Waals surface area contributed by atoms with Crippen molar-refractivity contribution >= 4 is 31.9 Å². The van der Waals surface area contributed by atoms with Gasteiger partial charge in [0.1, 0.15) is 5.75 Å². The summed E-state index contributed by atoms with van der Waals surface area (Å²) in [6.07, 6.45) is 1.18. The van der Waals surface area contributed by atoms with Gasteiger partial charge >= 0.3 is 0 Å². The first-order valence-electron chi connectivity index (χ1n) is 7.23. The molecule has 1 atom stereocenters. The van der Waals surface area contributed by atoms with Gasteiger partial charge in [0.15, 0.2) is 0 Å². The molecule has 21 heavy (non-hydrogen) atoms. The number of hydrogen-bond acceptors (Lipinski definition) is 3. The molecule has 0 aliphatic heterocycles. The van der Waals surface area contributed by atoms with Crippen molar-refractivity contribution in [3.05, 3.63) is 26.6 Å². The summed E-state index contributed by atoms with van der Waals surface area (Å²) in [7, 11) is 5.92. The molecule has 1 aromatic carbocycles. The molecule has 0 saturated carbocycles. The normalized spacial score (nSPS) is 13.0. The van der Waals surface area contributed by atoms with Crippen LogP contribution >= 0.6 is 31.9 Å². The van der Waals surface area contributed by atoms with Crippen molar-refractivity contribution in [1.29, 1.82) is 0 Å². The third kappa shape index (κ3) is 6.68. The molecular formula is C16H26Br2N2O. The topological polar surface area (TPSA) is 24.5 Å². The fourth-order valence-electron chi connectivity index (χ4n) is 2.40. The first-order chi connectivity index (χ1) is 9.83. The molecule has 1 unspecified atom stereocenters. The molecule has 0 heterocycles. The SMILES string of the molecule is COc1c(Br)cc(CNC(CC(C)C)CN(C)C)cc1Br. The number of ether oxygens (including phenoxy) is 1. The van der Waals surface area contributed by atoms with E-state index >= 15 is 0 Å². The maximum Gasteiger partial charge on any atom is 0.147 e. The van der Waals surface area contributed by atoms with Crippen LogP contribution in [0.3, 0.4) is 0 Å². The first-order valence-corrected chi connectivity index (χ1v) is 8.82. The predicted molar refractivity (Wildman–Crippen MR) is 97.0 cm³/mol. The van der Waals surface area contributed by atoms with Gasteiger partial charge in [-0.25, -0.2) is 0 Å². The number of nitrogens with one attached hydrogen (secondary N) is 1. The highest BCUT2D eigenvalue weighted by Gasteiger charge is 2.13. The molecule has 0 aliphatic carbocycles. The largest absolute Gasteiger partial charge is 0.494 e. The smallest absolute Gasteiger partial charge is 0.147 e. The Bertz CT molecular complexity index is 417. The maximum atomic E-state index is 5.34. The summed E-state index contributed by atoms with van der Waals surface area (Å²) in [4.78, 5) is 2.24. The first kappa shape index (κ1) is 18.9. The molecule has 3 nitrogen and oxygen atoms in total. The van der Waals surface area contributed by atoms with Crippen molar-refractivity contribution < 1.29 is 4.74 Å². The lowest BCUT2D eigenvalue weighted by atomic mass is 10.0. The Morgan fingerprint density at radius 2 is 1.76 bits per heavy atom. The van der Waals surface area contributed by atoms with Crippen LogP contribution in [-0.2, 0) is 6.54 Å². The van der Waals surface area contributed by atoms with Crippen molar-refractivity contribution in [2.45, 2.75) is 32.9 Å². The third-order valence-corrected chi connectivity index (χ3v) is 4.38. The highest BCUT2D eigenvalue weighted by molar-refractivity contribution is 9.11. The minimum Gasteiger partial charge on any atom is -0.494 e. The second kappa shape index (κ2) is 9.13. The Kier molecular flexibility index (Phi) is 8.24. The number of nitrogens with zero attached hydrogens (tertiary/aromatic N) is 1. The highest BCUT2D eigenvalue weighted by Crippen LogP contribution is 2.34. The van der Waals surface area contributed by atoms with Crippen LogP contribution in [0.15, 0.2) is 21.1 Å². The lowest BCUT2D eigenvalue weighted by Crippen LogP contribution is -2.38. The summed E-state index contributed by atoms with van der Waals surface area (Å²) in [6.45, 7) is 6.44. The molecular weight excluding hydrogens is 396 g/mol. The number of methoxy groups -OCH3 is 1. The Morgan fingerprint density at radius 1 is 1.19 bits per heavy atom. The molecule has 0 aliphatic rings. The van der Waals surface area contributed by atoms with E-state index in [1.165, 1.54) is 12.0 Å². The Morgan fingerprint density at radius 3 is 2.19 bits per heavy atom. The number of likely N-dealkylation sites (N-methyl/N-ethyl adjacent to an activating group) is 1. The van der Waals surface area contributed by atoms with E-state index in [1.807, 2.05) is 0 Å². The van der Waals surface area contributed by atoms with E-state index in [9.17, 15) is 0 Å². The molecule has 0 aromatic heterocycles. The Labute approximate surface area is 145 Å². The van der Waals surface area contributed by atoms with Gasteiger partial charge in [-0.2, -0.15) is 0 Å². The zero-order chi connectivity index (χ0) is 16.0. The number of hydrogen-bond donors (Lipinski definition) is 1. The highest BCUT2D eigenvalue weighted by atomic mass is 79.9. The minimum atomic E-state index is 0.500. The second-order valence-corrected chi connectivity index (χ2v) is 7.77. The fraction of sp³-hybridized carbons (Fsp3) is 0.625. The summed E-state index contributed by atoms with van der Waals surface area (Å²) in [5, 5.41) is 3.67. The van der Waals surface area contributed by atoms with Gasteiger partial charge in [-0.15, -0.1) is 0 Å². The lowest BCUT2D eigenvalue weighted by Gasteiger charge is -2.24. The molecule has 1 aromatic rings. The summed E-state index contributed by atoms with van der Waals surface area (Å²) >= 11 is 7.11. The molecule has 120 valence electrons. The van der Waals surface area contributed by atoms with Crippen LogP contribution in [0.2, 0.25) is 0 Å². The van der Waals surface area contributed by atoms with Crippen LogP contribution in [0.1, 0.15) is 25.8 Å². The van der Waals surface area contributed by atoms with Crippen LogP contribution in [0.5, 0.6) is 5.75 Å². The average molecular weight is 422 g/mol. The van der Waals surface area contributed by atoms with Gasteiger partial charge in [0.05, 0.1) is 16.1 Å². The molecule has 1 rings (SSSR count). The summed E-state index contributed by atoms with van der Waals surface area (Å²) < 4.78 is 7.29. The number of benzene rings is 1. The Balaban J connectivity index is 2.71. The third-order valence-electron chi connectivity index (χ3n) is 3.20. The summed E-state index contributed by atoms with van der Waals surface area (Å²) in [5.74, 6) is 1.53. The van der Waals surface area contributed by atoms with Crippen molar-refractivity contribution in [2.75, 3.05) is 27.7 Å². The van der Waals surface area contributed by atoms with E-state index in [1.54, 1.807) is 7.11 Å². The van der Waals surface area contributed by atoms with Gasteiger partial charge in [0.25, 0.3) is 0 Å². The number of halogens is 2. The van der Waals surface area contributed by atoms with E-state index in [0.29, 0.717) is 12.0 Å². The van der Waals surface area contributed by atoms with E-state index in [4.69, 9.17) is 4.74 Å². The molecule has 0 spiro atoms. The van der Waals surface area contributed by atoms with Gasteiger partial charge in [0.2, 0.25) is 0 Å². The lowest BCUT2D eigenvalue weighted by molar-refractivity contribution is 0.305. The van der Waals surface area contributed by atoms with Gasteiger partial charge in [0, 0.05) is 19.1 Å². The van der Waals surface area contributed by atoms with Crippen LogP contribution in [0.25, 0.3) is 0 Å². The van der Waals surface area contributed by atoms with E-state index in [-0.39, 0.29) is 0 Å². The van der Waals surface area contributed by atoms with Gasteiger partial charge in [-0.1, -0.05) is 13.8 Å².